The average molecular weight is 505 g/mol. The number of likely N-dealkylation sites (N-methyl/N-ethyl adjacent to an activating group) is 1. The zero-order valence-electron chi connectivity index (χ0n) is 20.2. The third-order valence-corrected chi connectivity index (χ3v) is 6.89. The van der Waals surface area contributed by atoms with Gasteiger partial charge in [-0.15, -0.1) is 0 Å². The summed E-state index contributed by atoms with van der Waals surface area (Å²) in [5, 5.41) is 2.68. The number of carbonyl (C=O) groups is 2. The van der Waals surface area contributed by atoms with Gasteiger partial charge >= 0.3 is 10.1 Å². The van der Waals surface area contributed by atoms with Crippen molar-refractivity contribution in [3.05, 3.63) is 52.1 Å². The Hall–Kier alpha value is -3.18. The molecule has 0 bridgehead atoms. The van der Waals surface area contributed by atoms with Crippen LogP contribution in [-0.4, -0.2) is 73.7 Å². The Morgan fingerprint density at radius 1 is 1.23 bits per heavy atom. The molecule has 3 heterocycles. The third-order valence-electron chi connectivity index (χ3n) is 6.47. The first-order valence-corrected chi connectivity index (χ1v) is 13.3. The van der Waals surface area contributed by atoms with Crippen molar-refractivity contribution < 1.29 is 26.7 Å². The summed E-state index contributed by atoms with van der Waals surface area (Å²) in [6.45, 7) is 9.26. The second-order valence-electron chi connectivity index (χ2n) is 8.68. The van der Waals surface area contributed by atoms with Gasteiger partial charge in [0.25, 0.3) is 11.8 Å². The monoisotopic (exact) mass is 504 g/mol. The summed E-state index contributed by atoms with van der Waals surface area (Å²) in [4.78, 5) is 30.1. The molecule has 0 saturated carbocycles. The Bertz CT molecular complexity index is 1330. The highest BCUT2D eigenvalue weighted by atomic mass is 32.2. The number of nitrogens with zero attached hydrogens (tertiary/aromatic N) is 3. The van der Waals surface area contributed by atoms with Crippen molar-refractivity contribution in [1.82, 2.24) is 14.5 Å². The van der Waals surface area contributed by atoms with Crippen molar-refractivity contribution in [1.29, 1.82) is 0 Å². The number of hydrogen-bond donors (Lipinski definition) is 1. The molecule has 11 heteroatoms. The Labute approximate surface area is 204 Å². The molecule has 35 heavy (non-hydrogen) atoms. The quantitative estimate of drug-likeness (QED) is 0.553. The molecular formula is C24H29FN4O5S. The van der Waals surface area contributed by atoms with Crippen LogP contribution >= 0.6 is 0 Å². The minimum atomic E-state index is -3.95. The molecule has 1 aromatic heterocycles. The maximum atomic E-state index is 13.9. The number of anilines is 1. The second-order valence-corrected chi connectivity index (χ2v) is 10.2. The lowest BCUT2D eigenvalue weighted by Crippen LogP contribution is -2.43. The van der Waals surface area contributed by atoms with Gasteiger partial charge in [-0.2, -0.15) is 13.1 Å². The summed E-state index contributed by atoms with van der Waals surface area (Å²) in [6, 6.07) is 3.94. The summed E-state index contributed by atoms with van der Waals surface area (Å²) in [7, 11) is -3.95. The van der Waals surface area contributed by atoms with Crippen molar-refractivity contribution in [2.24, 2.45) is 0 Å². The number of aromatic nitrogens is 1. The van der Waals surface area contributed by atoms with Crippen LogP contribution in [0.2, 0.25) is 0 Å². The van der Waals surface area contributed by atoms with Crippen LogP contribution in [-0.2, 0) is 21.3 Å². The van der Waals surface area contributed by atoms with E-state index in [1.807, 2.05) is 0 Å². The molecule has 2 aromatic rings. The normalized spacial score (nSPS) is 16.6. The standard InChI is InChI=1S/C24H29FN4O5S/c1-5-27(6-2)11-12-28-10-9-20-22(24(28)31)15(3)21(29(20)34-35(4,32)33)14-18-17-13-16(25)7-8-19(17)26-23(18)30/h7-8,13-14H,5-6,9-12H2,1-4H3,(H,26,30)/b18-14-. The van der Waals surface area contributed by atoms with Gasteiger partial charge in [0, 0.05) is 37.3 Å². The smallest absolute Gasteiger partial charge is 0.324 e. The average Bonchev–Trinajstić information content (AvgIpc) is 3.23. The Balaban J connectivity index is 1.80. The van der Waals surface area contributed by atoms with Gasteiger partial charge in [0.1, 0.15) is 5.82 Å². The van der Waals surface area contributed by atoms with E-state index < -0.39 is 21.8 Å². The fourth-order valence-corrected chi connectivity index (χ4v) is 5.04. The molecule has 0 unspecified atom stereocenters. The molecule has 0 radical (unpaired) electrons. The highest BCUT2D eigenvalue weighted by Gasteiger charge is 2.34. The van der Waals surface area contributed by atoms with Crippen molar-refractivity contribution >= 4 is 39.3 Å². The highest BCUT2D eigenvalue weighted by molar-refractivity contribution is 7.86. The minimum Gasteiger partial charge on any atom is -0.337 e. The second kappa shape index (κ2) is 9.46. The SMILES string of the molecule is CCN(CC)CCN1CCc2c(c(C)c(/C=C3\C(=O)Nc4ccc(F)cc43)n2OS(C)(=O)=O)C1=O. The van der Waals surface area contributed by atoms with Crippen molar-refractivity contribution in [2.75, 3.05) is 44.3 Å². The first kappa shape index (κ1) is 24.9. The Morgan fingerprint density at radius 2 is 1.94 bits per heavy atom. The molecule has 1 N–H and O–H groups in total. The van der Waals surface area contributed by atoms with Gasteiger partial charge in [-0.25, -0.2) is 4.39 Å². The van der Waals surface area contributed by atoms with E-state index in [2.05, 4.69) is 24.1 Å². The maximum Gasteiger partial charge on any atom is 0.324 e. The van der Waals surface area contributed by atoms with Crippen LogP contribution in [0.4, 0.5) is 10.1 Å². The maximum absolute atomic E-state index is 13.9. The van der Waals surface area contributed by atoms with E-state index in [9.17, 15) is 22.4 Å². The number of rotatable bonds is 8. The number of halogens is 1. The molecule has 9 nitrogen and oxygen atoms in total. The van der Waals surface area contributed by atoms with Crippen LogP contribution in [0.15, 0.2) is 18.2 Å². The molecule has 2 amide bonds. The van der Waals surface area contributed by atoms with Crippen LogP contribution < -0.4 is 9.60 Å². The molecule has 4 rings (SSSR count). The van der Waals surface area contributed by atoms with Gasteiger partial charge in [-0.1, -0.05) is 13.8 Å². The zero-order chi connectivity index (χ0) is 25.5. The summed E-state index contributed by atoms with van der Waals surface area (Å²) in [5.74, 6) is -1.18. The lowest BCUT2D eigenvalue weighted by molar-refractivity contribution is -0.110. The predicted molar refractivity (Wildman–Crippen MR) is 131 cm³/mol. The van der Waals surface area contributed by atoms with Crippen molar-refractivity contribution in [2.45, 2.75) is 27.2 Å². The third kappa shape index (κ3) is 4.83. The molecular weight excluding hydrogens is 475 g/mol. The van der Waals surface area contributed by atoms with Gasteiger partial charge in [-0.3, -0.25) is 13.9 Å². The van der Waals surface area contributed by atoms with Crippen LogP contribution in [0.5, 0.6) is 0 Å². The summed E-state index contributed by atoms with van der Waals surface area (Å²) < 4.78 is 44.5. The van der Waals surface area contributed by atoms with Crippen LogP contribution in [0.3, 0.4) is 0 Å². The van der Waals surface area contributed by atoms with E-state index in [-0.39, 0.29) is 17.2 Å². The molecule has 0 spiro atoms. The molecule has 0 aliphatic carbocycles. The van der Waals surface area contributed by atoms with E-state index in [1.54, 1.807) is 11.8 Å². The lowest BCUT2D eigenvalue weighted by Gasteiger charge is -2.30. The van der Waals surface area contributed by atoms with E-state index >= 15 is 0 Å². The fraction of sp³-hybridized carbons (Fsp3) is 0.417. The van der Waals surface area contributed by atoms with Crippen LogP contribution in [0.1, 0.15) is 46.7 Å². The van der Waals surface area contributed by atoms with Gasteiger partial charge in [0.15, 0.2) is 0 Å². The topological polar surface area (TPSA) is 101 Å². The molecule has 2 aliphatic rings. The number of hydrogen-bond acceptors (Lipinski definition) is 6. The minimum absolute atomic E-state index is 0.154. The van der Waals surface area contributed by atoms with Crippen molar-refractivity contribution in [3.63, 3.8) is 0 Å². The summed E-state index contributed by atoms with van der Waals surface area (Å²) in [5.41, 5.74) is 2.50. The lowest BCUT2D eigenvalue weighted by atomic mass is 10.0. The zero-order valence-corrected chi connectivity index (χ0v) is 21.0. The highest BCUT2D eigenvalue weighted by Crippen LogP contribution is 2.36. The number of nitrogens with one attached hydrogen (secondary N) is 1. The van der Waals surface area contributed by atoms with E-state index in [0.717, 1.165) is 30.6 Å². The molecule has 0 atom stereocenters. The van der Waals surface area contributed by atoms with E-state index in [1.165, 1.54) is 24.3 Å². The molecule has 2 aliphatic heterocycles. The van der Waals surface area contributed by atoms with Gasteiger partial charge in [-0.05, 0) is 49.9 Å². The summed E-state index contributed by atoms with van der Waals surface area (Å²) >= 11 is 0. The number of amides is 2. The first-order chi connectivity index (χ1) is 16.5. The molecule has 188 valence electrons. The van der Waals surface area contributed by atoms with Crippen LogP contribution in [0, 0.1) is 12.7 Å². The molecule has 0 fully saturated rings. The number of fused-ring (bicyclic) bond motifs is 2. The Morgan fingerprint density at radius 3 is 2.60 bits per heavy atom. The van der Waals surface area contributed by atoms with Gasteiger partial charge in [0.05, 0.1) is 28.8 Å². The number of benzene rings is 1. The predicted octanol–water partition coefficient (Wildman–Crippen LogP) is 2.16. The number of carbonyl (C=O) groups excluding carboxylic acids is 2. The first-order valence-electron chi connectivity index (χ1n) is 11.5. The van der Waals surface area contributed by atoms with Crippen molar-refractivity contribution in [3.8, 4) is 0 Å². The fourth-order valence-electron chi connectivity index (χ4n) is 4.60. The molecule has 1 aromatic carbocycles. The Kier molecular flexibility index (Phi) is 6.74. The molecule has 0 saturated heterocycles. The van der Waals surface area contributed by atoms with Gasteiger partial charge in [0.2, 0.25) is 0 Å². The van der Waals surface area contributed by atoms with E-state index in [4.69, 9.17) is 4.28 Å². The van der Waals surface area contributed by atoms with Crippen LogP contribution in [0.25, 0.3) is 11.6 Å². The van der Waals surface area contributed by atoms with Gasteiger partial charge < -0.3 is 15.1 Å². The largest absolute Gasteiger partial charge is 0.337 e. The summed E-state index contributed by atoms with van der Waals surface area (Å²) in [6.07, 6.45) is 2.75. The van der Waals surface area contributed by atoms with E-state index in [0.29, 0.717) is 47.6 Å².